The van der Waals surface area contributed by atoms with Crippen molar-refractivity contribution >= 4 is 38.7 Å². The van der Waals surface area contributed by atoms with E-state index in [1.54, 1.807) is 6.07 Å². The summed E-state index contributed by atoms with van der Waals surface area (Å²) in [6.07, 6.45) is 0. The lowest BCUT2D eigenvalue weighted by atomic mass is 10.1. The summed E-state index contributed by atoms with van der Waals surface area (Å²) >= 11 is 1.37. The maximum Gasteiger partial charge on any atom is 0.240 e. The van der Waals surface area contributed by atoms with Crippen molar-refractivity contribution in [2.75, 3.05) is 26.3 Å². The third-order valence-electron chi connectivity index (χ3n) is 5.20. The molecule has 164 valence electrons. The quantitative estimate of drug-likeness (QED) is 0.566. The lowest BCUT2D eigenvalue weighted by molar-refractivity contribution is -0.134. The van der Waals surface area contributed by atoms with Gasteiger partial charge in [0.2, 0.25) is 15.9 Å². The summed E-state index contributed by atoms with van der Waals surface area (Å²) in [7, 11) is -3.83. The maximum atomic E-state index is 13.4. The number of carbonyl (C=O) groups is 1. The van der Waals surface area contributed by atoms with Crippen molar-refractivity contribution < 1.29 is 17.9 Å². The molecule has 1 saturated heterocycles. The van der Waals surface area contributed by atoms with Crippen LogP contribution >= 0.6 is 11.8 Å². The largest absolute Gasteiger partial charge is 0.378 e. The van der Waals surface area contributed by atoms with E-state index in [1.165, 1.54) is 23.9 Å². The molecule has 1 atom stereocenters. The monoisotopic (exact) mass is 460 g/mol. The molecule has 2 N–H and O–H groups in total. The molecule has 1 aromatic heterocycles. The molecular weight excluding hydrogens is 436 g/mol. The number of thioether (sulfide) groups is 1. The number of carbonyl (C=O) groups excluding carboxylic acids is 1. The van der Waals surface area contributed by atoms with E-state index in [0.717, 1.165) is 11.1 Å². The van der Waals surface area contributed by atoms with Crippen molar-refractivity contribution in [3.8, 4) is 0 Å². The second kappa shape index (κ2) is 8.99. The van der Waals surface area contributed by atoms with Gasteiger partial charge in [0.05, 0.1) is 29.1 Å². The number of rotatable bonds is 6. The van der Waals surface area contributed by atoms with Gasteiger partial charge in [-0.05, 0) is 30.7 Å². The van der Waals surface area contributed by atoms with E-state index in [1.807, 2.05) is 46.7 Å². The molecular formula is C21H24N4O4S2. The topological polar surface area (TPSA) is 108 Å². The van der Waals surface area contributed by atoms with Crippen LogP contribution in [0.3, 0.4) is 0 Å². The molecule has 0 radical (unpaired) electrons. The Hall–Kier alpha value is -2.40. The van der Waals surface area contributed by atoms with Crippen LogP contribution in [0.5, 0.6) is 0 Å². The summed E-state index contributed by atoms with van der Waals surface area (Å²) in [5.74, 6) is 0.0134. The zero-order valence-electron chi connectivity index (χ0n) is 17.1. The van der Waals surface area contributed by atoms with Crippen molar-refractivity contribution in [1.82, 2.24) is 14.5 Å². The van der Waals surface area contributed by atoms with Crippen molar-refractivity contribution in [2.24, 2.45) is 5.14 Å². The summed E-state index contributed by atoms with van der Waals surface area (Å²) in [5, 5.41) is 5.46. The van der Waals surface area contributed by atoms with Crippen molar-refractivity contribution in [2.45, 2.75) is 28.8 Å². The minimum Gasteiger partial charge on any atom is -0.378 e. The zero-order chi connectivity index (χ0) is 22.0. The number of aromatic nitrogens is 2. The van der Waals surface area contributed by atoms with E-state index in [2.05, 4.69) is 4.98 Å². The Kier molecular flexibility index (Phi) is 6.33. The smallest absolute Gasteiger partial charge is 0.240 e. The van der Waals surface area contributed by atoms with Gasteiger partial charge in [-0.15, -0.1) is 0 Å². The molecule has 10 heteroatoms. The number of amides is 1. The van der Waals surface area contributed by atoms with E-state index < -0.39 is 15.3 Å². The van der Waals surface area contributed by atoms with Crippen LogP contribution < -0.4 is 5.14 Å². The van der Waals surface area contributed by atoms with Crippen LogP contribution in [0.1, 0.15) is 17.7 Å². The molecule has 8 nitrogen and oxygen atoms in total. The number of aryl methyl sites for hydroxylation is 1. The molecule has 0 spiro atoms. The minimum atomic E-state index is -3.83. The Morgan fingerprint density at radius 2 is 1.90 bits per heavy atom. The Morgan fingerprint density at radius 1 is 1.19 bits per heavy atom. The summed E-state index contributed by atoms with van der Waals surface area (Å²) in [6.45, 7) is 4.79. The highest BCUT2D eigenvalue weighted by Crippen LogP contribution is 2.38. The number of sulfonamides is 1. The van der Waals surface area contributed by atoms with Gasteiger partial charge < -0.3 is 14.2 Å². The molecule has 2 aromatic carbocycles. The molecule has 1 fully saturated rings. The van der Waals surface area contributed by atoms with Gasteiger partial charge in [0.15, 0.2) is 5.16 Å². The SMILES string of the molecule is CCn1c(S[C@@H](C(=O)N2CCOCC2)c2ccccc2)nc2cc(S(N)(=O)=O)ccc21. The number of primary sulfonamides is 1. The van der Waals surface area contributed by atoms with E-state index in [9.17, 15) is 13.2 Å². The van der Waals surface area contributed by atoms with Gasteiger partial charge in [-0.25, -0.2) is 18.5 Å². The van der Waals surface area contributed by atoms with Crippen molar-refractivity contribution in [3.05, 3.63) is 54.1 Å². The van der Waals surface area contributed by atoms with Crippen LogP contribution in [0.15, 0.2) is 58.6 Å². The highest BCUT2D eigenvalue weighted by atomic mass is 32.2. The van der Waals surface area contributed by atoms with Crippen molar-refractivity contribution in [1.29, 1.82) is 0 Å². The first kappa shape index (κ1) is 21.8. The number of hydrogen-bond donors (Lipinski definition) is 1. The Balaban J connectivity index is 1.74. The van der Waals surface area contributed by atoms with Crippen molar-refractivity contribution in [3.63, 3.8) is 0 Å². The number of benzene rings is 2. The summed E-state index contributed by atoms with van der Waals surface area (Å²) < 4.78 is 30.9. The molecule has 0 unspecified atom stereocenters. The van der Waals surface area contributed by atoms with E-state index >= 15 is 0 Å². The number of fused-ring (bicyclic) bond motifs is 1. The second-order valence-electron chi connectivity index (χ2n) is 7.18. The number of ether oxygens (including phenoxy) is 1. The highest BCUT2D eigenvalue weighted by molar-refractivity contribution is 8.00. The average molecular weight is 461 g/mol. The first-order valence-corrected chi connectivity index (χ1v) is 12.4. The Morgan fingerprint density at radius 3 is 2.55 bits per heavy atom. The minimum absolute atomic E-state index is 0.0134. The van der Waals surface area contributed by atoms with Gasteiger partial charge in [0, 0.05) is 19.6 Å². The van der Waals surface area contributed by atoms with Crippen LogP contribution in [-0.4, -0.2) is 55.1 Å². The second-order valence-corrected chi connectivity index (χ2v) is 9.81. The predicted octanol–water partition coefficient (Wildman–Crippen LogP) is 2.40. The highest BCUT2D eigenvalue weighted by Gasteiger charge is 2.30. The third kappa shape index (κ3) is 4.62. The summed E-state index contributed by atoms with van der Waals surface area (Å²) in [4.78, 5) is 19.9. The van der Waals surface area contributed by atoms with Gasteiger partial charge in [-0.1, -0.05) is 42.1 Å². The first-order chi connectivity index (χ1) is 14.9. The van der Waals surface area contributed by atoms with Gasteiger partial charge >= 0.3 is 0 Å². The molecule has 1 aliphatic heterocycles. The van der Waals surface area contributed by atoms with Crippen LogP contribution in [0.25, 0.3) is 11.0 Å². The van der Waals surface area contributed by atoms with E-state index in [0.29, 0.717) is 43.5 Å². The van der Waals surface area contributed by atoms with Gasteiger partial charge in [-0.3, -0.25) is 4.79 Å². The molecule has 3 aromatic rings. The number of nitrogens with two attached hydrogens (primary N) is 1. The molecule has 0 aliphatic carbocycles. The number of morpholine rings is 1. The third-order valence-corrected chi connectivity index (χ3v) is 7.35. The molecule has 4 rings (SSSR count). The lowest BCUT2D eigenvalue weighted by Gasteiger charge is -2.30. The van der Waals surface area contributed by atoms with Gasteiger partial charge in [0.1, 0.15) is 5.25 Å². The van der Waals surface area contributed by atoms with Crippen LogP contribution in [0, 0.1) is 0 Å². The number of hydrogen-bond acceptors (Lipinski definition) is 6. The van der Waals surface area contributed by atoms with Gasteiger partial charge in [-0.2, -0.15) is 0 Å². The number of imidazole rings is 1. The fourth-order valence-corrected chi connectivity index (χ4v) is 5.40. The molecule has 31 heavy (non-hydrogen) atoms. The molecule has 2 heterocycles. The van der Waals surface area contributed by atoms with E-state index in [4.69, 9.17) is 9.88 Å². The van der Waals surface area contributed by atoms with Crippen LogP contribution in [0.2, 0.25) is 0 Å². The van der Waals surface area contributed by atoms with Crippen LogP contribution in [-0.2, 0) is 26.1 Å². The Labute approximate surface area is 185 Å². The van der Waals surface area contributed by atoms with E-state index in [-0.39, 0.29) is 10.8 Å². The zero-order valence-corrected chi connectivity index (χ0v) is 18.7. The summed E-state index contributed by atoms with van der Waals surface area (Å²) in [6, 6.07) is 14.3. The lowest BCUT2D eigenvalue weighted by Crippen LogP contribution is -2.42. The predicted molar refractivity (Wildman–Crippen MR) is 119 cm³/mol. The standard InChI is InChI=1S/C21H24N4O4S2/c1-2-25-18-9-8-16(31(22,27)28)14-17(18)23-21(25)30-19(15-6-4-3-5-7-15)20(26)24-10-12-29-13-11-24/h3-9,14,19H,2,10-13H2,1H3,(H2,22,27,28)/t19-/m1/s1. The van der Waals surface area contributed by atoms with Gasteiger partial charge in [0.25, 0.3) is 0 Å². The molecule has 0 bridgehead atoms. The maximum absolute atomic E-state index is 13.4. The fourth-order valence-electron chi connectivity index (χ4n) is 3.60. The molecule has 0 saturated carbocycles. The molecule has 1 aliphatic rings. The normalized spacial score (nSPS) is 15.9. The Bertz CT molecular complexity index is 1190. The van der Waals surface area contributed by atoms with Crippen LogP contribution in [0.4, 0.5) is 0 Å². The fraction of sp³-hybridized carbons (Fsp3) is 0.333. The molecule has 1 amide bonds. The average Bonchev–Trinajstić information content (AvgIpc) is 3.14. The number of nitrogens with zero attached hydrogens (tertiary/aromatic N) is 3. The summed E-state index contributed by atoms with van der Waals surface area (Å²) in [5.41, 5.74) is 2.22. The first-order valence-electron chi connectivity index (χ1n) is 9.99.